The van der Waals surface area contributed by atoms with E-state index in [-0.39, 0.29) is 17.1 Å². The van der Waals surface area contributed by atoms with Gasteiger partial charge in [-0.15, -0.1) is 0 Å². The van der Waals surface area contributed by atoms with E-state index in [1.54, 1.807) is 0 Å². The van der Waals surface area contributed by atoms with Gasteiger partial charge in [0, 0.05) is 29.4 Å². The third-order valence-electron chi connectivity index (χ3n) is 4.53. The van der Waals surface area contributed by atoms with E-state index in [2.05, 4.69) is 19.2 Å². The van der Waals surface area contributed by atoms with Crippen LogP contribution in [0, 0.1) is 0 Å². The normalized spacial score (nSPS) is 10.5. The Morgan fingerprint density at radius 1 is 0.640 bits per heavy atom. The van der Waals surface area contributed by atoms with E-state index in [0.717, 1.165) is 10.9 Å². The first-order valence-electron chi connectivity index (χ1n) is 10.7. The minimum absolute atomic E-state index is 0. The maximum Gasteiger partial charge on any atom is 0.133 e. The molecule has 0 fully saturated rings. The van der Waals surface area contributed by atoms with Crippen molar-refractivity contribution in [2.45, 2.75) is 117 Å². The van der Waals surface area contributed by atoms with E-state index in [0.29, 0.717) is 0 Å². The summed E-state index contributed by atoms with van der Waals surface area (Å²) in [6.45, 7) is 5.63. The standard InChI is InChI=1S/C21H43NS2.Cu/c1-3-5-7-9-11-13-15-17-19-22-21(23)24-20-18-16-14-12-10-8-6-4-2;/h3-20H2,1-2H3,(H,22,23);. The summed E-state index contributed by atoms with van der Waals surface area (Å²) in [6.07, 6.45) is 22.2. The number of unbranched alkanes of at least 4 members (excludes halogenated alkanes) is 14. The number of hydrogen-bond donors (Lipinski definition) is 1. The maximum absolute atomic E-state index is 5.40. The van der Waals surface area contributed by atoms with Crippen LogP contribution in [0.15, 0.2) is 0 Å². The van der Waals surface area contributed by atoms with Gasteiger partial charge in [0.25, 0.3) is 0 Å². The Hall–Kier alpha value is 0.759. The summed E-state index contributed by atoms with van der Waals surface area (Å²) in [5, 5.41) is 3.41. The van der Waals surface area contributed by atoms with Gasteiger partial charge in [0.2, 0.25) is 0 Å². The second-order valence-electron chi connectivity index (χ2n) is 7.01. The van der Waals surface area contributed by atoms with Crippen LogP contribution in [0.4, 0.5) is 0 Å². The zero-order chi connectivity index (χ0) is 17.7. The third-order valence-corrected chi connectivity index (χ3v) is 5.93. The molecule has 1 nitrogen and oxygen atoms in total. The summed E-state index contributed by atoms with van der Waals surface area (Å²) < 4.78 is 1.01. The van der Waals surface area contributed by atoms with Crippen molar-refractivity contribution in [1.82, 2.24) is 5.32 Å². The average Bonchev–Trinajstić information content (AvgIpc) is 2.59. The molecule has 0 amide bonds. The first-order chi connectivity index (χ1) is 11.8. The molecule has 0 heterocycles. The van der Waals surface area contributed by atoms with Crippen LogP contribution in [0.25, 0.3) is 0 Å². The first kappa shape index (κ1) is 28.0. The Morgan fingerprint density at radius 2 is 1.04 bits per heavy atom. The molecule has 0 rings (SSSR count). The predicted molar refractivity (Wildman–Crippen MR) is 118 cm³/mol. The van der Waals surface area contributed by atoms with Gasteiger partial charge in [-0.05, 0) is 12.8 Å². The molecule has 1 N–H and O–H groups in total. The molecule has 0 aromatic carbocycles. The number of hydrogen-bond acceptors (Lipinski definition) is 2. The summed E-state index contributed by atoms with van der Waals surface area (Å²) in [7, 11) is 0. The van der Waals surface area contributed by atoms with Crippen LogP contribution >= 0.6 is 24.0 Å². The molecule has 0 atom stereocenters. The Kier molecular flexibility index (Phi) is 27.7. The average molecular weight is 437 g/mol. The van der Waals surface area contributed by atoms with E-state index in [1.165, 1.54) is 108 Å². The Labute approximate surface area is 179 Å². The van der Waals surface area contributed by atoms with Crippen molar-refractivity contribution in [3.05, 3.63) is 0 Å². The van der Waals surface area contributed by atoms with Gasteiger partial charge in [-0.25, -0.2) is 0 Å². The second kappa shape index (κ2) is 24.8. The summed E-state index contributed by atoms with van der Waals surface area (Å²) in [5.41, 5.74) is 0. The van der Waals surface area contributed by atoms with E-state index >= 15 is 0 Å². The van der Waals surface area contributed by atoms with Crippen LogP contribution in [0.1, 0.15) is 117 Å². The molecule has 0 bridgehead atoms. The fraction of sp³-hybridized carbons (Fsp3) is 0.952. The molecule has 1 radical (unpaired) electrons. The van der Waals surface area contributed by atoms with E-state index in [4.69, 9.17) is 12.2 Å². The molecule has 4 heteroatoms. The number of thiocarbonyl (C=S) groups is 1. The van der Waals surface area contributed by atoms with Gasteiger partial charge in [-0.2, -0.15) is 0 Å². The number of rotatable bonds is 18. The molecule has 0 spiro atoms. The van der Waals surface area contributed by atoms with Gasteiger partial charge in [-0.1, -0.05) is 128 Å². The molecule has 25 heavy (non-hydrogen) atoms. The van der Waals surface area contributed by atoms with Crippen molar-refractivity contribution in [3.8, 4) is 0 Å². The van der Waals surface area contributed by atoms with Gasteiger partial charge in [0.1, 0.15) is 4.32 Å². The Bertz CT molecular complexity index is 238. The zero-order valence-corrected chi connectivity index (χ0v) is 19.4. The van der Waals surface area contributed by atoms with Gasteiger partial charge < -0.3 is 5.32 Å². The van der Waals surface area contributed by atoms with Gasteiger partial charge in [0.15, 0.2) is 0 Å². The van der Waals surface area contributed by atoms with Crippen molar-refractivity contribution in [2.24, 2.45) is 0 Å². The summed E-state index contributed by atoms with van der Waals surface area (Å²) >= 11 is 7.25. The molecular weight excluding hydrogens is 394 g/mol. The molecule has 155 valence electrons. The maximum atomic E-state index is 5.40. The second-order valence-corrected chi connectivity index (χ2v) is 8.78. The smallest absolute Gasteiger partial charge is 0.133 e. The van der Waals surface area contributed by atoms with Crippen LogP contribution in [0.2, 0.25) is 0 Å². The monoisotopic (exact) mass is 436 g/mol. The van der Waals surface area contributed by atoms with E-state index in [1.807, 2.05) is 11.8 Å². The van der Waals surface area contributed by atoms with Crippen molar-refractivity contribution in [3.63, 3.8) is 0 Å². The molecule has 0 aliphatic rings. The van der Waals surface area contributed by atoms with Gasteiger partial charge in [-0.3, -0.25) is 0 Å². The molecular formula is C21H43CuNS2. The molecule has 0 aromatic rings. The predicted octanol–water partition coefficient (Wildman–Crippen LogP) is 7.87. The fourth-order valence-electron chi connectivity index (χ4n) is 2.90. The van der Waals surface area contributed by atoms with E-state index < -0.39 is 0 Å². The van der Waals surface area contributed by atoms with Crippen LogP contribution in [-0.4, -0.2) is 16.6 Å². The van der Waals surface area contributed by atoms with Crippen molar-refractivity contribution in [2.75, 3.05) is 12.3 Å². The minimum atomic E-state index is 0. The van der Waals surface area contributed by atoms with Crippen molar-refractivity contribution < 1.29 is 17.1 Å². The SMILES string of the molecule is CCCCCCCCCCNC(=S)SCCCCCCCCCC.[Cu]. The van der Waals surface area contributed by atoms with Gasteiger partial charge in [0.05, 0.1) is 0 Å². The van der Waals surface area contributed by atoms with Crippen molar-refractivity contribution in [1.29, 1.82) is 0 Å². The van der Waals surface area contributed by atoms with E-state index in [9.17, 15) is 0 Å². The van der Waals surface area contributed by atoms with Gasteiger partial charge >= 0.3 is 0 Å². The molecule has 0 aliphatic carbocycles. The Morgan fingerprint density at radius 3 is 1.52 bits per heavy atom. The molecule has 0 saturated heterocycles. The summed E-state index contributed by atoms with van der Waals surface area (Å²) in [5.74, 6) is 1.19. The number of nitrogens with one attached hydrogen (secondary N) is 1. The molecule has 0 aromatic heterocycles. The topological polar surface area (TPSA) is 12.0 Å². The first-order valence-corrected chi connectivity index (χ1v) is 12.1. The number of thioether (sulfide) groups is 1. The summed E-state index contributed by atoms with van der Waals surface area (Å²) in [6, 6.07) is 0. The Balaban J connectivity index is 0. The fourth-order valence-corrected chi connectivity index (χ4v) is 3.99. The summed E-state index contributed by atoms with van der Waals surface area (Å²) in [4.78, 5) is 0. The largest absolute Gasteiger partial charge is 0.371 e. The van der Waals surface area contributed by atoms with Crippen LogP contribution in [-0.2, 0) is 17.1 Å². The minimum Gasteiger partial charge on any atom is -0.371 e. The van der Waals surface area contributed by atoms with Crippen LogP contribution in [0.3, 0.4) is 0 Å². The zero-order valence-electron chi connectivity index (χ0n) is 16.8. The third kappa shape index (κ3) is 24.8. The molecule has 0 unspecified atom stereocenters. The van der Waals surface area contributed by atoms with Crippen LogP contribution < -0.4 is 5.32 Å². The molecule has 0 aliphatic heterocycles. The quantitative estimate of drug-likeness (QED) is 0.133. The molecule has 0 saturated carbocycles. The van der Waals surface area contributed by atoms with Crippen LogP contribution in [0.5, 0.6) is 0 Å². The van der Waals surface area contributed by atoms with Crippen molar-refractivity contribution >= 4 is 28.3 Å².